The molecule has 0 aromatic heterocycles. The zero-order valence-electron chi connectivity index (χ0n) is 31.3. The predicted molar refractivity (Wildman–Crippen MR) is 182 cm³/mol. The lowest BCUT2D eigenvalue weighted by Gasteiger charge is -2.47. The van der Waals surface area contributed by atoms with Gasteiger partial charge in [0.05, 0.1) is 23.9 Å². The van der Waals surface area contributed by atoms with Crippen molar-refractivity contribution in [1.29, 1.82) is 0 Å². The first-order valence-electron chi connectivity index (χ1n) is 18.4. The second-order valence-electron chi connectivity index (χ2n) is 16.4. The number of nitrogens with zero attached hydrogens (tertiary/aromatic N) is 2. The van der Waals surface area contributed by atoms with Crippen molar-refractivity contribution in [3.8, 4) is 0 Å². The summed E-state index contributed by atoms with van der Waals surface area (Å²) in [6.45, 7) is 16.4. The van der Waals surface area contributed by atoms with Crippen LogP contribution in [0.3, 0.4) is 0 Å². The number of likely N-dealkylation sites (N-methyl/N-ethyl adjacent to an activating group) is 1. The zero-order chi connectivity index (χ0) is 36.0. The highest BCUT2D eigenvalue weighted by Gasteiger charge is 2.55. The number of hydrogen-bond acceptors (Lipinski definition) is 12. The standard InChI is InChI=1S/C36H62N4O9/c1-11-27-36(7)30(38-34(44)49-36)22(5)37-15-19(2)14-35(6,45-10)31(20(3)28(41)21(4)32(43)47-27)48-33-29(42)26(39(8)9)13-25(46-33)18-40-16-23-12-24(23)17-40/h19-27,29-31,33,37,42H,11-18H2,1-10H3,(H,38,44)/t19-,20+,21?,22-,23?,24?,25?,26?,27-,29?,30-,31-,33?,35-,36-/m1/s1. The van der Waals surface area contributed by atoms with Crippen molar-refractivity contribution in [2.75, 3.05) is 47.4 Å². The Kier molecular flexibility index (Phi) is 11.7. The number of cyclic esters (lactones) is 1. The first-order valence-corrected chi connectivity index (χ1v) is 18.4. The fourth-order valence-electron chi connectivity index (χ4n) is 9.07. The molecule has 1 amide bonds. The predicted octanol–water partition coefficient (Wildman–Crippen LogP) is 2.18. The van der Waals surface area contributed by atoms with Gasteiger partial charge in [0.25, 0.3) is 0 Å². The molecule has 3 N–H and O–H groups in total. The van der Waals surface area contributed by atoms with Gasteiger partial charge >= 0.3 is 12.1 Å². The summed E-state index contributed by atoms with van der Waals surface area (Å²) in [5.74, 6) is -1.40. The molecule has 13 nitrogen and oxygen atoms in total. The van der Waals surface area contributed by atoms with Crippen molar-refractivity contribution in [2.45, 2.75) is 134 Å². The van der Waals surface area contributed by atoms with Gasteiger partial charge in [-0.1, -0.05) is 20.8 Å². The molecule has 5 fully saturated rings. The number of ketones is 1. The number of piperidine rings is 1. The van der Waals surface area contributed by atoms with E-state index in [1.54, 1.807) is 27.9 Å². The molecule has 0 aromatic rings. The molecule has 49 heavy (non-hydrogen) atoms. The summed E-state index contributed by atoms with van der Waals surface area (Å²) in [7, 11) is 5.50. The molecule has 15 atom stereocenters. The highest BCUT2D eigenvalue weighted by atomic mass is 16.7. The molecule has 280 valence electrons. The quantitative estimate of drug-likeness (QED) is 0.265. The molecule has 0 bridgehead atoms. The Balaban J connectivity index is 1.44. The maximum atomic E-state index is 14.3. The third-order valence-electron chi connectivity index (χ3n) is 12.2. The summed E-state index contributed by atoms with van der Waals surface area (Å²) in [6.07, 6.45) is -1.52. The fraction of sp³-hybridized carbons (Fsp3) is 0.917. The molecule has 13 heteroatoms. The van der Waals surface area contributed by atoms with E-state index in [0.717, 1.165) is 31.5 Å². The van der Waals surface area contributed by atoms with Crippen molar-refractivity contribution >= 4 is 17.8 Å². The van der Waals surface area contributed by atoms with Crippen molar-refractivity contribution in [1.82, 2.24) is 20.4 Å². The number of carbonyl (C=O) groups is 3. The lowest BCUT2D eigenvalue weighted by molar-refractivity contribution is -0.298. The molecule has 4 aliphatic heterocycles. The van der Waals surface area contributed by atoms with Gasteiger partial charge in [-0.3, -0.25) is 9.59 Å². The normalized spacial score (nSPS) is 47.0. The van der Waals surface area contributed by atoms with Gasteiger partial charge < -0.3 is 49.2 Å². The smallest absolute Gasteiger partial charge is 0.408 e. The van der Waals surface area contributed by atoms with E-state index in [1.165, 1.54) is 6.42 Å². The average molecular weight is 695 g/mol. The van der Waals surface area contributed by atoms with Crippen LogP contribution >= 0.6 is 0 Å². The number of carbonyl (C=O) groups excluding carboxylic acids is 3. The third kappa shape index (κ3) is 7.98. The van der Waals surface area contributed by atoms with Crippen LogP contribution in [-0.4, -0.2) is 140 Å². The highest BCUT2D eigenvalue weighted by molar-refractivity contribution is 6.00. The SMILES string of the molecule is CC[C@H]1OC(=O)C(C)C(=O)[C@H](C)[C@@H](OC2OC(CN3CC4CC4C3)CC(N(C)C)C2O)[C@](C)(OC)C[C@@H](C)CN[C@H](C)[C@H]2NC(=O)O[C@@]21C. The monoisotopic (exact) mass is 694 g/mol. The Hall–Kier alpha value is -1.87. The van der Waals surface area contributed by atoms with Crippen LogP contribution in [0.15, 0.2) is 0 Å². The molecule has 4 heterocycles. The third-order valence-corrected chi connectivity index (χ3v) is 12.2. The van der Waals surface area contributed by atoms with E-state index >= 15 is 0 Å². The van der Waals surface area contributed by atoms with Crippen LogP contribution in [0.5, 0.6) is 0 Å². The van der Waals surface area contributed by atoms with Crippen LogP contribution in [-0.2, 0) is 33.3 Å². The van der Waals surface area contributed by atoms with Gasteiger partial charge in [-0.05, 0) is 91.8 Å². The summed E-state index contributed by atoms with van der Waals surface area (Å²) >= 11 is 0. The summed E-state index contributed by atoms with van der Waals surface area (Å²) in [4.78, 5) is 44.9. The minimum Gasteiger partial charge on any atom is -0.458 e. The Labute approximate surface area is 292 Å². The van der Waals surface area contributed by atoms with Crippen molar-refractivity contribution in [3.05, 3.63) is 0 Å². The van der Waals surface area contributed by atoms with Gasteiger partial charge in [-0.15, -0.1) is 0 Å². The van der Waals surface area contributed by atoms with E-state index in [0.29, 0.717) is 25.8 Å². The maximum absolute atomic E-state index is 14.3. The second kappa shape index (κ2) is 15.0. The lowest BCUT2D eigenvalue weighted by Crippen LogP contribution is -2.60. The van der Waals surface area contributed by atoms with Crippen LogP contribution in [0.25, 0.3) is 0 Å². The van der Waals surface area contributed by atoms with Crippen molar-refractivity contribution in [3.63, 3.8) is 0 Å². The molecule has 1 saturated carbocycles. The lowest BCUT2D eigenvalue weighted by atomic mass is 9.78. The molecule has 5 rings (SSSR count). The van der Waals surface area contributed by atoms with E-state index in [4.69, 9.17) is 23.7 Å². The van der Waals surface area contributed by atoms with Crippen molar-refractivity contribution < 1.29 is 43.2 Å². The number of likely N-dealkylation sites (tertiary alicyclic amines) is 1. The van der Waals surface area contributed by atoms with Gasteiger partial charge in [-0.2, -0.15) is 0 Å². The minimum atomic E-state index is -1.15. The van der Waals surface area contributed by atoms with Crippen LogP contribution in [0.1, 0.15) is 74.1 Å². The number of methoxy groups -OCH3 is 1. The summed E-state index contributed by atoms with van der Waals surface area (Å²) in [5, 5.41) is 18.1. The largest absolute Gasteiger partial charge is 0.458 e. The van der Waals surface area contributed by atoms with E-state index in [-0.39, 0.29) is 29.9 Å². The first-order chi connectivity index (χ1) is 23.0. The molecule has 5 aliphatic rings. The minimum absolute atomic E-state index is 0.0357. The Morgan fingerprint density at radius 1 is 1.06 bits per heavy atom. The number of nitrogens with one attached hydrogen (secondary N) is 2. The van der Waals surface area contributed by atoms with Gasteiger partial charge in [0.15, 0.2) is 17.7 Å². The summed E-state index contributed by atoms with van der Waals surface area (Å²) < 4.78 is 31.4. The van der Waals surface area contributed by atoms with Gasteiger partial charge in [0, 0.05) is 44.7 Å². The van der Waals surface area contributed by atoms with Gasteiger partial charge in [-0.25, -0.2) is 4.79 Å². The number of aliphatic hydroxyl groups excluding tert-OH is 1. The first kappa shape index (κ1) is 38.4. The van der Waals surface area contributed by atoms with Crippen LogP contribution in [0.2, 0.25) is 0 Å². The highest BCUT2D eigenvalue weighted by Crippen LogP contribution is 2.45. The number of hydrogen-bond donors (Lipinski definition) is 3. The molecule has 0 radical (unpaired) electrons. The Morgan fingerprint density at radius 3 is 2.35 bits per heavy atom. The average Bonchev–Trinajstić information content (AvgIpc) is 3.53. The number of aliphatic hydroxyl groups is 1. The van der Waals surface area contributed by atoms with Crippen molar-refractivity contribution in [2.24, 2.45) is 29.6 Å². The summed E-state index contributed by atoms with van der Waals surface area (Å²) in [5.41, 5.74) is -2.16. The number of amides is 1. The Morgan fingerprint density at radius 2 is 1.73 bits per heavy atom. The molecule has 4 saturated heterocycles. The van der Waals surface area contributed by atoms with Crippen LogP contribution in [0.4, 0.5) is 4.79 Å². The van der Waals surface area contributed by atoms with E-state index in [9.17, 15) is 19.5 Å². The summed E-state index contributed by atoms with van der Waals surface area (Å²) in [6, 6.07) is -0.933. The van der Waals surface area contributed by atoms with Crippen LogP contribution in [0, 0.1) is 29.6 Å². The number of rotatable bonds is 7. The second-order valence-corrected chi connectivity index (χ2v) is 16.4. The van der Waals surface area contributed by atoms with Gasteiger partial charge in [0.2, 0.25) is 0 Å². The molecule has 1 aliphatic carbocycles. The Bertz CT molecular complexity index is 1200. The molecule has 7 unspecified atom stereocenters. The molecular formula is C36H62N4O9. The number of ether oxygens (including phenoxy) is 5. The number of fused-ring (bicyclic) bond motifs is 2. The molecule has 0 spiro atoms. The van der Waals surface area contributed by atoms with E-state index in [2.05, 4.69) is 22.5 Å². The maximum Gasteiger partial charge on any atom is 0.408 e. The van der Waals surface area contributed by atoms with Crippen LogP contribution < -0.4 is 10.6 Å². The van der Waals surface area contributed by atoms with E-state index in [1.807, 2.05) is 39.8 Å². The topological polar surface area (TPSA) is 148 Å². The molecule has 0 aromatic carbocycles. The van der Waals surface area contributed by atoms with Gasteiger partial charge in [0.1, 0.15) is 18.1 Å². The number of Topliss-reactive ketones (excluding diaryl/α,β-unsaturated/α-hetero) is 1. The zero-order valence-corrected chi connectivity index (χ0v) is 31.3. The number of esters is 1. The number of alkyl carbamates (subject to hydrolysis) is 1. The fourth-order valence-corrected chi connectivity index (χ4v) is 9.07. The van der Waals surface area contributed by atoms with E-state index < -0.39 is 65.7 Å². The molecular weight excluding hydrogens is 632 g/mol.